The number of aromatic hydroxyl groups is 4. The van der Waals surface area contributed by atoms with Crippen LogP contribution in [0.4, 0.5) is 0 Å². The van der Waals surface area contributed by atoms with Gasteiger partial charge in [-0.05, 0) is 39.8 Å². The number of phenolic OH excluding ortho intramolecular Hbond substituents is 4. The number of hydrogen-bond acceptors (Lipinski definition) is 28. The number of carboxylic acids is 3. The van der Waals surface area contributed by atoms with E-state index in [1.54, 1.807) is 13.8 Å². The van der Waals surface area contributed by atoms with Crippen molar-refractivity contribution in [1.82, 2.24) is 0 Å². The van der Waals surface area contributed by atoms with Crippen LogP contribution in [0.5, 0.6) is 34.5 Å². The summed E-state index contributed by atoms with van der Waals surface area (Å²) < 4.78 is 65.7. The molecule has 4 aromatic carbocycles. The zero-order valence-corrected chi connectivity index (χ0v) is 51.5. The highest BCUT2D eigenvalue weighted by Gasteiger charge is 2.52. The van der Waals surface area contributed by atoms with Crippen LogP contribution in [0, 0.1) is 0 Å². The van der Waals surface area contributed by atoms with E-state index < -0.39 is 212 Å². The first kappa shape index (κ1) is 73.0. The highest BCUT2D eigenvalue weighted by molar-refractivity contribution is 7.79. The third-order valence-corrected chi connectivity index (χ3v) is 16.9. The monoisotopic (exact) mass is 1340 g/mol. The number of methoxy groups -OCH3 is 2. The molecule has 0 amide bonds. The second kappa shape index (κ2) is 27.5. The second-order valence-electron chi connectivity index (χ2n) is 23.2. The lowest BCUT2D eigenvalue weighted by Crippen LogP contribution is -2.52. The molecule has 0 unspecified atom stereocenters. The minimum Gasteiger partial charge on any atom is -0.507 e. The number of Topliss-reactive ketones (excluding diaryl/α,β-unsaturated/α-hetero) is 2. The molecular formula is C60H68N2O31S. The van der Waals surface area contributed by atoms with E-state index in [4.69, 9.17) is 77.8 Å². The van der Waals surface area contributed by atoms with Crippen LogP contribution < -0.4 is 20.9 Å². The fourth-order valence-electron chi connectivity index (χ4n) is 12.0. The summed E-state index contributed by atoms with van der Waals surface area (Å²) >= 11 is 0. The van der Waals surface area contributed by atoms with Crippen LogP contribution in [0.2, 0.25) is 0 Å². The van der Waals surface area contributed by atoms with E-state index in [9.17, 15) is 84.0 Å². The summed E-state index contributed by atoms with van der Waals surface area (Å²) in [6.07, 6.45) is -11.4. The molecule has 18 N–H and O–H groups in total. The summed E-state index contributed by atoms with van der Waals surface area (Å²) in [7, 11) is -1.99. The van der Waals surface area contributed by atoms with E-state index in [1.807, 2.05) is 0 Å². The molecule has 4 aliphatic carbocycles. The van der Waals surface area contributed by atoms with Crippen molar-refractivity contribution in [3.8, 4) is 34.5 Å². The number of carboxylic acid groups (broad SMARTS) is 3. The van der Waals surface area contributed by atoms with Crippen molar-refractivity contribution in [2.75, 3.05) is 14.2 Å². The summed E-state index contributed by atoms with van der Waals surface area (Å²) in [6, 6.07) is 7.50. The van der Waals surface area contributed by atoms with Gasteiger partial charge in [0.2, 0.25) is 11.6 Å². The molecule has 34 heteroatoms. The zero-order chi connectivity index (χ0) is 70.5. The van der Waals surface area contributed by atoms with Crippen LogP contribution in [0.1, 0.15) is 164 Å². The Balaban J connectivity index is 0.000000212. The van der Waals surface area contributed by atoms with Crippen LogP contribution >= 0.6 is 0 Å². The van der Waals surface area contributed by atoms with Gasteiger partial charge in [0.15, 0.2) is 41.3 Å². The molecule has 2 aliphatic heterocycles. The summed E-state index contributed by atoms with van der Waals surface area (Å²) in [5.41, 5.74) is 3.21. The molecule has 33 nitrogen and oxygen atoms in total. The minimum atomic E-state index is -4.67. The summed E-state index contributed by atoms with van der Waals surface area (Å²) in [5.74, 6) is -11.4. The third kappa shape index (κ3) is 14.3. The van der Waals surface area contributed by atoms with E-state index in [1.165, 1.54) is 64.5 Å². The molecule has 10 rings (SSSR count). The summed E-state index contributed by atoms with van der Waals surface area (Å²) in [4.78, 5) is 110. The number of ketones is 6. The molecule has 6 aliphatic rings. The largest absolute Gasteiger partial charge is 0.507 e. The summed E-state index contributed by atoms with van der Waals surface area (Å²) in [5, 5.41) is 122. The molecule has 0 radical (unpaired) electrons. The van der Waals surface area contributed by atoms with Crippen molar-refractivity contribution in [3.05, 3.63) is 103 Å². The molecule has 0 saturated carbocycles. The molecule has 2 fully saturated rings. The third-order valence-electron chi connectivity index (χ3n) is 16.9. The first-order valence-electron chi connectivity index (χ1n) is 28.4. The van der Waals surface area contributed by atoms with Gasteiger partial charge in [0.1, 0.15) is 45.7 Å². The van der Waals surface area contributed by atoms with E-state index >= 15 is 0 Å². The summed E-state index contributed by atoms with van der Waals surface area (Å²) in [6.45, 7) is 5.57. The molecule has 2 heterocycles. The number of aliphatic carboxylic acids is 3. The number of hydrogen-bond donors (Lipinski definition) is 16. The standard InChI is InChI=1S/2C27H29NO10.C6H8O7.H2O4S/c2*1-10-22(30)14(28)7-17(37-10)38-16-9-27(35,11(2)29)8-13-19(16)26(34)21-20(24(13)32)23(31)12-5-4-6-15(36-3)18(12)25(21)33;7-3(8)1-6(13,5(11)12)2-4(9)10;1-5(2,3)4/h2*4-6,10,14,16-17,22,30,32,34-35H,7-9,28H2,1-3H3;13H,1-2H2,(H,7,8)(H,9,10)(H,11,12);(H2,1,2,3,4)/t2*10-,14-,16-,17-,22+,27-;;/m00../s1. The fourth-order valence-corrected chi connectivity index (χ4v) is 12.0. The number of carbonyl (C=O) groups excluding carboxylic acids is 6. The average Bonchev–Trinajstić information content (AvgIpc) is 0.718. The van der Waals surface area contributed by atoms with Crippen molar-refractivity contribution in [2.24, 2.45) is 11.5 Å². The quantitative estimate of drug-likeness (QED) is 0.0541. The van der Waals surface area contributed by atoms with Gasteiger partial charge in [-0.1, -0.05) is 24.3 Å². The lowest BCUT2D eigenvalue weighted by Gasteiger charge is -2.42. The van der Waals surface area contributed by atoms with Gasteiger partial charge in [0, 0.05) is 84.0 Å². The maximum atomic E-state index is 13.6. The van der Waals surface area contributed by atoms with Gasteiger partial charge >= 0.3 is 28.3 Å². The molecule has 0 spiro atoms. The number of carbonyl (C=O) groups is 9. The number of rotatable bonds is 13. The Bertz CT molecular complexity index is 3650. The molecule has 2 saturated heterocycles. The van der Waals surface area contributed by atoms with Crippen molar-refractivity contribution in [3.63, 3.8) is 0 Å². The topological polar surface area (TPSA) is 578 Å². The minimum absolute atomic E-state index is 0.0147. The number of fused-ring (bicyclic) bond motifs is 6. The predicted molar refractivity (Wildman–Crippen MR) is 312 cm³/mol. The maximum absolute atomic E-state index is 13.6. The normalized spacial score (nSPS) is 26.6. The second-order valence-corrected chi connectivity index (χ2v) is 24.1. The number of nitrogens with two attached hydrogens (primary N) is 2. The van der Waals surface area contributed by atoms with Gasteiger partial charge in [-0.2, -0.15) is 8.42 Å². The molecule has 0 aromatic heterocycles. The smallest absolute Gasteiger partial charge is 0.394 e. The van der Waals surface area contributed by atoms with E-state index in [0.717, 1.165) is 0 Å². The average molecular weight is 1350 g/mol. The van der Waals surface area contributed by atoms with Gasteiger partial charge in [-0.3, -0.25) is 47.5 Å². The van der Waals surface area contributed by atoms with E-state index in [0.29, 0.717) is 0 Å². The number of aliphatic hydroxyl groups is 5. The zero-order valence-electron chi connectivity index (χ0n) is 50.7. The number of phenols is 4. The molecule has 4 aromatic rings. The molecule has 12 atom stereocenters. The Morgan fingerprint density at radius 2 is 0.904 bits per heavy atom. The maximum Gasteiger partial charge on any atom is 0.394 e. The molecular weight excluding hydrogens is 1280 g/mol. The van der Waals surface area contributed by atoms with E-state index in [-0.39, 0.29) is 81.7 Å². The fraction of sp³-hybridized carbons (Fsp3) is 0.450. The highest BCUT2D eigenvalue weighted by Crippen LogP contribution is 2.55. The Morgan fingerprint density at radius 1 is 0.585 bits per heavy atom. The van der Waals surface area contributed by atoms with Gasteiger partial charge in [0.25, 0.3) is 0 Å². The SMILES string of the molecule is COc1cccc2c1C(=O)c1c(O)c3c(c(O)c1C2=O)C[C@@](O)(C(C)=O)C[C@@H]3O[C@H]1C[C@H](N)[C@H](O)[C@H](C)O1.COc1cccc2c1C(=O)c1c(O)c3c(c(O)c1C2=O)C[C@@](O)(C(C)=O)C[C@@H]3O[C@H]1C[C@H](N)[C@H](O)[C@H](C)O1.O=C(O)CC(O)(CC(=O)O)C(=O)O.O=S(=O)(O)O. The Morgan fingerprint density at radius 3 is 1.18 bits per heavy atom. The Hall–Kier alpha value is -8.46. The van der Waals surface area contributed by atoms with Gasteiger partial charge in [0.05, 0.1) is 97.1 Å². The predicted octanol–water partition coefficient (Wildman–Crippen LogP) is 0.157. The first-order valence-corrected chi connectivity index (χ1v) is 29.8. The van der Waals surface area contributed by atoms with Crippen molar-refractivity contribution in [2.45, 2.75) is 157 Å². The van der Waals surface area contributed by atoms with Crippen LogP contribution in [0.15, 0.2) is 36.4 Å². The van der Waals surface area contributed by atoms with Crippen molar-refractivity contribution >= 4 is 63.0 Å². The molecule has 510 valence electrons. The van der Waals surface area contributed by atoms with Crippen LogP contribution in [0.3, 0.4) is 0 Å². The number of ether oxygens (including phenoxy) is 6. The molecule has 0 bridgehead atoms. The molecule has 94 heavy (non-hydrogen) atoms. The van der Waals surface area contributed by atoms with E-state index in [2.05, 4.69) is 0 Å². The van der Waals surface area contributed by atoms with Crippen LogP contribution in [-0.4, -0.2) is 212 Å². The Labute approximate surface area is 532 Å². The van der Waals surface area contributed by atoms with Gasteiger partial charge < -0.3 is 101 Å². The number of benzene rings is 4. The lowest BCUT2D eigenvalue weighted by atomic mass is 9.72. The Kier molecular flexibility index (Phi) is 21.3. The van der Waals surface area contributed by atoms with Crippen molar-refractivity contribution < 1.29 is 150 Å². The van der Waals surface area contributed by atoms with Gasteiger partial charge in [-0.25, -0.2) is 4.79 Å². The highest BCUT2D eigenvalue weighted by atomic mass is 32.3. The van der Waals surface area contributed by atoms with Crippen LogP contribution in [-0.2, 0) is 66.2 Å². The van der Waals surface area contributed by atoms with Gasteiger partial charge in [-0.15, -0.1) is 0 Å². The lowest BCUT2D eigenvalue weighted by molar-refractivity contribution is -0.247. The van der Waals surface area contributed by atoms with Crippen LogP contribution in [0.25, 0.3) is 0 Å². The van der Waals surface area contributed by atoms with Crippen molar-refractivity contribution in [1.29, 1.82) is 0 Å². The first-order chi connectivity index (χ1) is 43.6. The number of aliphatic hydroxyl groups excluding tert-OH is 2.